The molecule has 0 aliphatic heterocycles. The van der Waals surface area contributed by atoms with E-state index in [0.29, 0.717) is 19.3 Å². The summed E-state index contributed by atoms with van der Waals surface area (Å²) in [5, 5.41) is 39.1. The van der Waals surface area contributed by atoms with E-state index in [1.54, 1.807) is 13.8 Å². The van der Waals surface area contributed by atoms with E-state index in [0.717, 1.165) is 75.3 Å². The second-order valence-electron chi connectivity index (χ2n) is 9.81. The third-order valence-corrected chi connectivity index (χ3v) is 6.83. The lowest BCUT2D eigenvalue weighted by molar-refractivity contribution is -0.147. The molecule has 2 rings (SSSR count). The summed E-state index contributed by atoms with van der Waals surface area (Å²) in [7, 11) is 0. The van der Waals surface area contributed by atoms with Gasteiger partial charge in [-0.25, -0.2) is 0 Å². The minimum Gasteiger partial charge on any atom is -0.508 e. The van der Waals surface area contributed by atoms with E-state index in [1.165, 1.54) is 12.1 Å². The van der Waals surface area contributed by atoms with Gasteiger partial charge in [-0.1, -0.05) is 32.1 Å². The highest BCUT2D eigenvalue weighted by molar-refractivity contribution is 5.77. The van der Waals surface area contributed by atoms with Gasteiger partial charge in [-0.15, -0.1) is 0 Å². The van der Waals surface area contributed by atoms with Crippen molar-refractivity contribution in [3.8, 4) is 11.5 Å². The SMILES string of the molecule is CC(C)(CCCCCCc1c(O)ccc(O)c1CCCCCC1(C(=O)O)CC1)C(=O)O. The van der Waals surface area contributed by atoms with Gasteiger partial charge in [0.25, 0.3) is 0 Å². The van der Waals surface area contributed by atoms with Gasteiger partial charge in [0.2, 0.25) is 0 Å². The number of aromatic hydroxyl groups is 2. The number of unbranched alkanes of at least 4 members (excludes halogenated alkanes) is 5. The number of aliphatic carboxylic acids is 2. The number of rotatable bonds is 15. The average Bonchev–Trinajstić information content (AvgIpc) is 3.49. The molecule has 0 heterocycles. The van der Waals surface area contributed by atoms with Gasteiger partial charge in [0.1, 0.15) is 11.5 Å². The maximum atomic E-state index is 11.3. The van der Waals surface area contributed by atoms with Crippen LogP contribution < -0.4 is 0 Å². The van der Waals surface area contributed by atoms with E-state index in [1.807, 2.05) is 0 Å². The van der Waals surface area contributed by atoms with Crippen LogP contribution >= 0.6 is 0 Å². The van der Waals surface area contributed by atoms with E-state index in [9.17, 15) is 30.0 Å². The molecule has 0 amide bonds. The molecule has 1 aliphatic rings. The monoisotopic (exact) mass is 434 g/mol. The number of carboxylic acids is 2. The molecule has 1 aromatic carbocycles. The van der Waals surface area contributed by atoms with Crippen molar-refractivity contribution in [3.05, 3.63) is 23.3 Å². The van der Waals surface area contributed by atoms with E-state index < -0.39 is 22.8 Å². The summed E-state index contributed by atoms with van der Waals surface area (Å²) in [6.45, 7) is 3.50. The average molecular weight is 435 g/mol. The Morgan fingerprint density at radius 2 is 1.32 bits per heavy atom. The van der Waals surface area contributed by atoms with Crippen LogP contribution in [0.2, 0.25) is 0 Å². The van der Waals surface area contributed by atoms with Crippen molar-refractivity contribution >= 4 is 11.9 Å². The predicted molar refractivity (Wildman–Crippen MR) is 119 cm³/mol. The summed E-state index contributed by atoms with van der Waals surface area (Å²) in [6.07, 6.45) is 10.5. The molecule has 1 fully saturated rings. The van der Waals surface area contributed by atoms with Crippen molar-refractivity contribution < 1.29 is 30.0 Å². The number of hydrogen-bond acceptors (Lipinski definition) is 4. The molecule has 31 heavy (non-hydrogen) atoms. The smallest absolute Gasteiger partial charge is 0.309 e. The summed E-state index contributed by atoms with van der Waals surface area (Å²) in [5.74, 6) is -1.02. The molecular formula is C25H38O6. The molecule has 0 atom stereocenters. The first kappa shape index (κ1) is 25.0. The normalized spacial score (nSPS) is 15.0. The van der Waals surface area contributed by atoms with Crippen LogP contribution in [0.5, 0.6) is 11.5 Å². The number of carbonyl (C=O) groups is 2. The van der Waals surface area contributed by atoms with Crippen molar-refractivity contribution in [2.75, 3.05) is 0 Å². The van der Waals surface area contributed by atoms with E-state index in [-0.39, 0.29) is 11.5 Å². The zero-order valence-electron chi connectivity index (χ0n) is 19.0. The largest absolute Gasteiger partial charge is 0.508 e. The van der Waals surface area contributed by atoms with Crippen molar-refractivity contribution in [2.45, 2.75) is 97.3 Å². The highest BCUT2D eigenvalue weighted by Crippen LogP contribution is 2.50. The molecule has 0 bridgehead atoms. The third kappa shape index (κ3) is 7.15. The number of benzene rings is 1. The number of phenolic OH excluding ortho intramolecular Hbond substituents is 2. The summed E-state index contributed by atoms with van der Waals surface area (Å²) >= 11 is 0. The predicted octanol–water partition coefficient (Wildman–Crippen LogP) is 5.67. The first-order valence-electron chi connectivity index (χ1n) is 11.6. The highest BCUT2D eigenvalue weighted by atomic mass is 16.4. The molecule has 174 valence electrons. The van der Waals surface area contributed by atoms with Gasteiger partial charge in [-0.05, 0) is 77.3 Å². The van der Waals surface area contributed by atoms with Gasteiger partial charge in [0.05, 0.1) is 10.8 Å². The van der Waals surface area contributed by atoms with E-state index in [2.05, 4.69) is 0 Å². The summed E-state index contributed by atoms with van der Waals surface area (Å²) in [5.41, 5.74) is 0.430. The molecule has 0 saturated heterocycles. The van der Waals surface area contributed by atoms with Crippen molar-refractivity contribution in [2.24, 2.45) is 10.8 Å². The van der Waals surface area contributed by atoms with Crippen LogP contribution in [-0.4, -0.2) is 32.4 Å². The van der Waals surface area contributed by atoms with Crippen LogP contribution in [0.3, 0.4) is 0 Å². The molecule has 0 aromatic heterocycles. The fourth-order valence-corrected chi connectivity index (χ4v) is 4.22. The van der Waals surface area contributed by atoms with Crippen molar-refractivity contribution in [1.82, 2.24) is 0 Å². The van der Waals surface area contributed by atoms with Crippen LogP contribution in [0.1, 0.15) is 95.6 Å². The first-order valence-corrected chi connectivity index (χ1v) is 11.6. The Morgan fingerprint density at radius 1 is 0.839 bits per heavy atom. The minimum atomic E-state index is -0.767. The zero-order chi connectivity index (χ0) is 23.1. The number of phenols is 2. The fraction of sp³-hybridized carbons (Fsp3) is 0.680. The molecule has 1 aromatic rings. The molecule has 0 spiro atoms. The molecular weight excluding hydrogens is 396 g/mol. The molecule has 0 radical (unpaired) electrons. The Morgan fingerprint density at radius 3 is 1.77 bits per heavy atom. The maximum absolute atomic E-state index is 11.3. The lowest BCUT2D eigenvalue weighted by Gasteiger charge is -2.18. The molecule has 1 aliphatic carbocycles. The summed E-state index contributed by atoms with van der Waals surface area (Å²) < 4.78 is 0. The van der Waals surface area contributed by atoms with Crippen LogP contribution in [0.15, 0.2) is 12.1 Å². The lowest BCUT2D eigenvalue weighted by atomic mass is 9.87. The molecule has 4 N–H and O–H groups in total. The summed E-state index contributed by atoms with van der Waals surface area (Å²) in [6, 6.07) is 3.07. The Hall–Kier alpha value is -2.24. The standard InChI is InChI=1S/C25H38O6/c1-24(2,22(28)29)14-8-4-3-6-10-18-19(21(27)13-12-20(18)26)11-7-5-9-15-25(16-17-25)23(30)31/h12-13,26-27H,3-11,14-17H2,1-2H3,(H,28,29)(H,30,31). The van der Waals surface area contributed by atoms with Crippen molar-refractivity contribution in [1.29, 1.82) is 0 Å². The van der Waals surface area contributed by atoms with Crippen LogP contribution in [-0.2, 0) is 22.4 Å². The Balaban J connectivity index is 1.77. The minimum absolute atomic E-state index is 0.209. The van der Waals surface area contributed by atoms with Gasteiger partial charge in [-0.2, -0.15) is 0 Å². The first-order chi connectivity index (χ1) is 14.6. The van der Waals surface area contributed by atoms with Crippen LogP contribution in [0, 0.1) is 10.8 Å². The Kier molecular flexibility index (Phi) is 8.78. The van der Waals surface area contributed by atoms with Gasteiger partial charge >= 0.3 is 11.9 Å². The zero-order valence-corrected chi connectivity index (χ0v) is 19.0. The second-order valence-corrected chi connectivity index (χ2v) is 9.81. The van der Waals surface area contributed by atoms with Crippen molar-refractivity contribution in [3.63, 3.8) is 0 Å². The van der Waals surface area contributed by atoms with Crippen LogP contribution in [0.4, 0.5) is 0 Å². The van der Waals surface area contributed by atoms with Crippen LogP contribution in [0.25, 0.3) is 0 Å². The summed E-state index contributed by atoms with van der Waals surface area (Å²) in [4.78, 5) is 22.4. The quantitative estimate of drug-likeness (QED) is 0.209. The Bertz CT molecular complexity index is 764. The maximum Gasteiger partial charge on any atom is 0.309 e. The highest BCUT2D eigenvalue weighted by Gasteiger charge is 2.49. The molecule has 6 nitrogen and oxygen atoms in total. The lowest BCUT2D eigenvalue weighted by Crippen LogP contribution is -2.23. The second kappa shape index (κ2) is 10.9. The Labute approximate surface area is 185 Å². The molecule has 6 heteroatoms. The molecule has 1 saturated carbocycles. The van der Waals surface area contributed by atoms with Gasteiger partial charge in [0, 0.05) is 11.1 Å². The number of carboxylic acid groups (broad SMARTS) is 2. The third-order valence-electron chi connectivity index (χ3n) is 6.83. The van der Waals surface area contributed by atoms with Gasteiger partial charge in [0.15, 0.2) is 0 Å². The van der Waals surface area contributed by atoms with Gasteiger partial charge in [-0.3, -0.25) is 9.59 Å². The van der Waals surface area contributed by atoms with E-state index in [4.69, 9.17) is 0 Å². The van der Waals surface area contributed by atoms with E-state index >= 15 is 0 Å². The number of hydrogen-bond donors (Lipinski definition) is 4. The fourth-order valence-electron chi connectivity index (χ4n) is 4.22. The topological polar surface area (TPSA) is 115 Å². The molecule has 0 unspecified atom stereocenters. The van der Waals surface area contributed by atoms with Gasteiger partial charge < -0.3 is 20.4 Å².